The quantitative estimate of drug-likeness (QED) is 0.677. The van der Waals surface area contributed by atoms with Crippen LogP contribution in [-0.2, 0) is 0 Å². The summed E-state index contributed by atoms with van der Waals surface area (Å²) in [5.74, 6) is 0. The van der Waals surface area contributed by atoms with Crippen molar-refractivity contribution >= 4 is 34.0 Å². The van der Waals surface area contributed by atoms with E-state index >= 15 is 0 Å². The first kappa shape index (κ1) is 14.4. The summed E-state index contributed by atoms with van der Waals surface area (Å²) in [6.07, 6.45) is 0. The molecule has 0 aliphatic heterocycles. The van der Waals surface area contributed by atoms with E-state index in [9.17, 15) is 0 Å². The summed E-state index contributed by atoms with van der Waals surface area (Å²) in [4.78, 5) is 0. The topological polar surface area (TPSA) is 12.0 Å². The molecule has 1 nitrogen and oxygen atoms in total. The molecule has 0 aliphatic rings. The van der Waals surface area contributed by atoms with Gasteiger partial charge in [0.15, 0.2) is 0 Å². The molecular formula is C18H15Cl2N. The predicted molar refractivity (Wildman–Crippen MR) is 91.3 cm³/mol. The molecule has 0 bridgehead atoms. The molecule has 0 aliphatic carbocycles. The van der Waals surface area contributed by atoms with Crippen LogP contribution in [0.2, 0.25) is 10.0 Å². The molecule has 0 heterocycles. The molecule has 0 fully saturated rings. The monoisotopic (exact) mass is 315 g/mol. The van der Waals surface area contributed by atoms with Crippen molar-refractivity contribution in [1.29, 1.82) is 0 Å². The fraction of sp³-hybridized carbons (Fsp3) is 0.111. The lowest BCUT2D eigenvalue weighted by atomic mass is 9.94. The molecule has 3 aromatic rings. The molecule has 1 atom stereocenters. The molecule has 21 heavy (non-hydrogen) atoms. The Balaban J connectivity index is 2.24. The molecular weight excluding hydrogens is 301 g/mol. The number of rotatable bonds is 3. The van der Waals surface area contributed by atoms with Crippen LogP contribution in [0.25, 0.3) is 10.8 Å². The Hall–Kier alpha value is -1.54. The van der Waals surface area contributed by atoms with Gasteiger partial charge in [0.2, 0.25) is 0 Å². The SMILES string of the molecule is CNC(c1c(Cl)cccc1Cl)c1cccc2ccccc12. The van der Waals surface area contributed by atoms with Gasteiger partial charge >= 0.3 is 0 Å². The standard InChI is InChI=1S/C18H15Cl2N/c1-21-18(17-15(19)10-5-11-16(17)20)14-9-4-7-12-6-2-3-8-13(12)14/h2-11,18,21H,1H3. The van der Waals surface area contributed by atoms with Gasteiger partial charge in [-0.25, -0.2) is 0 Å². The predicted octanol–water partition coefficient (Wildman–Crippen LogP) is 5.46. The van der Waals surface area contributed by atoms with Crippen LogP contribution in [-0.4, -0.2) is 7.05 Å². The first-order valence-electron chi connectivity index (χ1n) is 6.81. The Kier molecular flexibility index (Phi) is 4.16. The minimum absolute atomic E-state index is 0.0442. The lowest BCUT2D eigenvalue weighted by molar-refractivity contribution is 0.697. The Morgan fingerprint density at radius 3 is 2.14 bits per heavy atom. The third kappa shape index (κ3) is 2.65. The van der Waals surface area contributed by atoms with Gasteiger partial charge in [0, 0.05) is 15.6 Å². The van der Waals surface area contributed by atoms with Gasteiger partial charge in [0.25, 0.3) is 0 Å². The van der Waals surface area contributed by atoms with Gasteiger partial charge in [-0.1, -0.05) is 71.7 Å². The second-order valence-electron chi connectivity index (χ2n) is 4.93. The van der Waals surface area contributed by atoms with E-state index in [0.717, 1.165) is 5.56 Å². The maximum absolute atomic E-state index is 6.38. The van der Waals surface area contributed by atoms with Crippen LogP contribution >= 0.6 is 23.2 Å². The van der Waals surface area contributed by atoms with Crippen LogP contribution in [0.1, 0.15) is 17.2 Å². The molecule has 106 valence electrons. The summed E-state index contributed by atoms with van der Waals surface area (Å²) in [5, 5.41) is 7.10. The summed E-state index contributed by atoms with van der Waals surface area (Å²) in [5.41, 5.74) is 2.09. The largest absolute Gasteiger partial charge is 0.309 e. The van der Waals surface area contributed by atoms with Crippen LogP contribution in [0.15, 0.2) is 60.7 Å². The van der Waals surface area contributed by atoms with Gasteiger partial charge in [-0.15, -0.1) is 0 Å². The number of benzene rings is 3. The highest BCUT2D eigenvalue weighted by atomic mass is 35.5. The summed E-state index contributed by atoms with van der Waals surface area (Å²) in [6, 6.07) is 20.2. The van der Waals surface area contributed by atoms with Crippen LogP contribution in [0.3, 0.4) is 0 Å². The van der Waals surface area contributed by atoms with E-state index in [4.69, 9.17) is 23.2 Å². The maximum Gasteiger partial charge on any atom is 0.0610 e. The summed E-state index contributed by atoms with van der Waals surface area (Å²) in [6.45, 7) is 0. The molecule has 0 spiro atoms. The number of hydrogen-bond donors (Lipinski definition) is 1. The molecule has 0 amide bonds. The van der Waals surface area contributed by atoms with Crippen molar-refractivity contribution in [2.45, 2.75) is 6.04 Å². The fourth-order valence-electron chi connectivity index (χ4n) is 2.74. The Morgan fingerprint density at radius 1 is 0.810 bits per heavy atom. The zero-order valence-corrected chi connectivity index (χ0v) is 13.1. The summed E-state index contributed by atoms with van der Waals surface area (Å²) < 4.78 is 0. The van der Waals surface area contributed by atoms with Gasteiger partial charge in [0.1, 0.15) is 0 Å². The number of hydrogen-bond acceptors (Lipinski definition) is 1. The molecule has 3 heteroatoms. The van der Waals surface area contributed by atoms with Gasteiger partial charge in [0.05, 0.1) is 6.04 Å². The van der Waals surface area contributed by atoms with Gasteiger partial charge < -0.3 is 5.32 Å². The molecule has 0 saturated carbocycles. The maximum atomic E-state index is 6.38. The highest BCUT2D eigenvalue weighted by Gasteiger charge is 2.20. The van der Waals surface area contributed by atoms with E-state index in [-0.39, 0.29) is 6.04 Å². The van der Waals surface area contributed by atoms with E-state index < -0.39 is 0 Å². The first-order valence-corrected chi connectivity index (χ1v) is 7.57. The van der Waals surface area contributed by atoms with Crippen molar-refractivity contribution in [1.82, 2.24) is 5.32 Å². The number of fused-ring (bicyclic) bond motifs is 1. The van der Waals surface area contributed by atoms with Gasteiger partial charge in [-0.3, -0.25) is 0 Å². The van der Waals surface area contributed by atoms with Gasteiger partial charge in [-0.05, 0) is 35.5 Å². The number of nitrogens with one attached hydrogen (secondary N) is 1. The summed E-state index contributed by atoms with van der Waals surface area (Å²) in [7, 11) is 1.92. The van der Waals surface area contributed by atoms with Crippen LogP contribution in [0.5, 0.6) is 0 Å². The second kappa shape index (κ2) is 6.07. The molecule has 0 saturated heterocycles. The van der Waals surface area contributed by atoms with Crippen molar-refractivity contribution in [3.05, 3.63) is 81.8 Å². The highest BCUT2D eigenvalue weighted by Crippen LogP contribution is 2.36. The molecule has 0 aromatic heterocycles. The average molecular weight is 316 g/mol. The fourth-order valence-corrected chi connectivity index (χ4v) is 3.36. The van der Waals surface area contributed by atoms with E-state index in [1.807, 2.05) is 37.4 Å². The highest BCUT2D eigenvalue weighted by molar-refractivity contribution is 6.36. The third-order valence-electron chi connectivity index (χ3n) is 3.71. The van der Waals surface area contributed by atoms with Crippen molar-refractivity contribution < 1.29 is 0 Å². The Bertz CT molecular complexity index is 758. The minimum Gasteiger partial charge on any atom is -0.309 e. The van der Waals surface area contributed by atoms with E-state index in [1.165, 1.54) is 16.3 Å². The zero-order chi connectivity index (χ0) is 14.8. The smallest absolute Gasteiger partial charge is 0.0610 e. The van der Waals surface area contributed by atoms with Crippen LogP contribution in [0, 0.1) is 0 Å². The number of halogens is 2. The van der Waals surface area contributed by atoms with Crippen molar-refractivity contribution in [3.8, 4) is 0 Å². The second-order valence-corrected chi connectivity index (χ2v) is 5.74. The Labute approximate surface area is 134 Å². The van der Waals surface area contributed by atoms with Crippen LogP contribution < -0.4 is 5.32 Å². The molecule has 3 aromatic carbocycles. The van der Waals surface area contributed by atoms with E-state index in [1.54, 1.807) is 0 Å². The molecule has 0 radical (unpaired) electrons. The van der Waals surface area contributed by atoms with E-state index in [0.29, 0.717) is 10.0 Å². The Morgan fingerprint density at radius 2 is 1.43 bits per heavy atom. The zero-order valence-electron chi connectivity index (χ0n) is 11.6. The van der Waals surface area contributed by atoms with Gasteiger partial charge in [-0.2, -0.15) is 0 Å². The van der Waals surface area contributed by atoms with E-state index in [2.05, 4.69) is 35.6 Å². The molecule has 3 rings (SSSR count). The van der Waals surface area contributed by atoms with Crippen LogP contribution in [0.4, 0.5) is 0 Å². The summed E-state index contributed by atoms with van der Waals surface area (Å²) >= 11 is 12.8. The van der Waals surface area contributed by atoms with Crippen molar-refractivity contribution in [3.63, 3.8) is 0 Å². The van der Waals surface area contributed by atoms with Crippen molar-refractivity contribution in [2.75, 3.05) is 7.05 Å². The lowest BCUT2D eigenvalue weighted by Gasteiger charge is -2.21. The lowest BCUT2D eigenvalue weighted by Crippen LogP contribution is -2.18. The first-order chi connectivity index (χ1) is 10.2. The average Bonchev–Trinajstić information content (AvgIpc) is 2.51. The minimum atomic E-state index is -0.0442. The van der Waals surface area contributed by atoms with Crippen molar-refractivity contribution in [2.24, 2.45) is 0 Å². The molecule has 1 unspecified atom stereocenters. The molecule has 1 N–H and O–H groups in total. The third-order valence-corrected chi connectivity index (χ3v) is 4.37. The normalized spacial score (nSPS) is 12.5.